The highest BCUT2D eigenvalue weighted by Gasteiger charge is 2.29. The van der Waals surface area contributed by atoms with Crippen molar-refractivity contribution in [1.82, 2.24) is 14.5 Å². The van der Waals surface area contributed by atoms with E-state index in [9.17, 15) is 0 Å². The maximum absolute atomic E-state index is 6.12. The molecule has 1 aromatic carbocycles. The van der Waals surface area contributed by atoms with Gasteiger partial charge in [-0.05, 0) is 45.0 Å². The molecule has 1 heterocycles. The summed E-state index contributed by atoms with van der Waals surface area (Å²) in [5.74, 6) is 1.34. The minimum Gasteiger partial charge on any atom is -0.325 e. The van der Waals surface area contributed by atoms with Crippen LogP contribution in [0, 0.1) is 0 Å². The molecule has 0 bridgehead atoms. The maximum atomic E-state index is 6.12. The molecule has 1 fully saturated rings. The van der Waals surface area contributed by atoms with Crippen LogP contribution in [0.3, 0.4) is 0 Å². The maximum Gasteiger partial charge on any atom is 0.124 e. The third-order valence-electron chi connectivity index (χ3n) is 4.17. The van der Waals surface area contributed by atoms with Gasteiger partial charge in [-0.15, -0.1) is 11.6 Å². The van der Waals surface area contributed by atoms with Crippen LogP contribution in [-0.4, -0.2) is 33.6 Å². The zero-order valence-electron chi connectivity index (χ0n) is 11.8. The number of nitrogens with zero attached hydrogens (tertiary/aromatic N) is 3. The van der Waals surface area contributed by atoms with Gasteiger partial charge in [0.1, 0.15) is 5.82 Å². The monoisotopic (exact) mass is 311 g/mol. The minimum atomic E-state index is 0.423. The Balaban J connectivity index is 1.93. The summed E-state index contributed by atoms with van der Waals surface area (Å²) in [6, 6.07) is 7.02. The van der Waals surface area contributed by atoms with Gasteiger partial charge in [0.25, 0.3) is 0 Å². The smallest absolute Gasteiger partial charge is 0.124 e. The highest BCUT2D eigenvalue weighted by atomic mass is 35.5. The fourth-order valence-electron chi connectivity index (χ4n) is 2.69. The Morgan fingerprint density at radius 2 is 2.20 bits per heavy atom. The van der Waals surface area contributed by atoms with E-state index in [1.165, 1.54) is 12.8 Å². The Labute approximate surface area is 129 Å². The predicted octanol–water partition coefficient (Wildman–Crippen LogP) is 3.91. The Kier molecular flexibility index (Phi) is 3.93. The summed E-state index contributed by atoms with van der Waals surface area (Å²) in [6.07, 6.45) is 2.64. The molecule has 1 aromatic heterocycles. The zero-order valence-corrected chi connectivity index (χ0v) is 13.3. The van der Waals surface area contributed by atoms with E-state index >= 15 is 0 Å². The third-order valence-corrected chi connectivity index (χ3v) is 4.65. The van der Waals surface area contributed by atoms with Crippen molar-refractivity contribution in [2.75, 3.05) is 7.05 Å². The lowest BCUT2D eigenvalue weighted by Crippen LogP contribution is -2.34. The number of imidazole rings is 1. The Morgan fingerprint density at radius 3 is 2.85 bits per heavy atom. The molecule has 0 radical (unpaired) electrons. The Hall–Kier alpha value is -0.770. The van der Waals surface area contributed by atoms with E-state index in [2.05, 4.69) is 28.4 Å². The number of fused-ring (bicyclic) bond motifs is 1. The van der Waals surface area contributed by atoms with E-state index < -0.39 is 0 Å². The van der Waals surface area contributed by atoms with Crippen molar-refractivity contribution < 1.29 is 0 Å². The normalized spacial score (nSPS) is 17.1. The number of halogens is 2. The molecule has 1 unspecified atom stereocenters. The average Bonchev–Trinajstić information content (AvgIpc) is 3.22. The molecule has 1 aliphatic rings. The lowest BCUT2D eigenvalue weighted by Gasteiger charge is -2.25. The van der Waals surface area contributed by atoms with Gasteiger partial charge in [0.2, 0.25) is 0 Å². The van der Waals surface area contributed by atoms with Gasteiger partial charge >= 0.3 is 0 Å². The van der Waals surface area contributed by atoms with Crippen LogP contribution in [0.25, 0.3) is 11.0 Å². The van der Waals surface area contributed by atoms with Crippen LogP contribution in [0.2, 0.25) is 5.02 Å². The van der Waals surface area contributed by atoms with Crippen LogP contribution < -0.4 is 0 Å². The van der Waals surface area contributed by atoms with E-state index in [1.54, 1.807) is 0 Å². The average molecular weight is 312 g/mol. The molecule has 3 rings (SSSR count). The molecule has 0 aliphatic heterocycles. The van der Waals surface area contributed by atoms with Gasteiger partial charge in [0.05, 0.1) is 16.9 Å². The lowest BCUT2D eigenvalue weighted by atomic mass is 10.2. The van der Waals surface area contributed by atoms with Crippen molar-refractivity contribution in [3.05, 3.63) is 29.0 Å². The summed E-state index contributed by atoms with van der Waals surface area (Å²) in [4.78, 5) is 7.05. The molecule has 0 amide bonds. The molecule has 0 N–H and O–H groups in total. The first-order valence-electron chi connectivity index (χ1n) is 7.02. The highest BCUT2D eigenvalue weighted by molar-refractivity contribution is 6.31. The molecule has 1 saturated carbocycles. The number of hydrogen-bond acceptors (Lipinski definition) is 2. The molecule has 20 heavy (non-hydrogen) atoms. The minimum absolute atomic E-state index is 0.423. The van der Waals surface area contributed by atoms with E-state index in [4.69, 9.17) is 23.2 Å². The Morgan fingerprint density at radius 1 is 1.45 bits per heavy atom. The lowest BCUT2D eigenvalue weighted by molar-refractivity contribution is 0.226. The molecular weight excluding hydrogens is 293 g/mol. The van der Waals surface area contributed by atoms with Gasteiger partial charge in [-0.25, -0.2) is 4.98 Å². The van der Waals surface area contributed by atoms with Crippen LogP contribution >= 0.6 is 23.2 Å². The van der Waals surface area contributed by atoms with Gasteiger partial charge in [-0.3, -0.25) is 4.90 Å². The number of likely N-dealkylation sites (N-methyl/N-ethyl adjacent to an activating group) is 1. The molecule has 108 valence electrons. The molecule has 2 aromatic rings. The van der Waals surface area contributed by atoms with Gasteiger partial charge < -0.3 is 4.57 Å². The number of alkyl halides is 1. The van der Waals surface area contributed by atoms with E-state index in [1.807, 2.05) is 18.2 Å². The predicted molar refractivity (Wildman–Crippen MR) is 84.5 cm³/mol. The van der Waals surface area contributed by atoms with Crippen LogP contribution in [-0.2, 0) is 12.4 Å². The van der Waals surface area contributed by atoms with Crippen LogP contribution in [0.1, 0.15) is 25.6 Å². The SMILES string of the molecule is CC(Cn1c(CCl)nc2ccc(Cl)cc21)N(C)C1CC1. The third kappa shape index (κ3) is 2.67. The molecule has 1 aliphatic carbocycles. The second kappa shape index (κ2) is 5.55. The second-order valence-electron chi connectivity index (χ2n) is 5.65. The number of benzene rings is 1. The first kappa shape index (κ1) is 14.2. The van der Waals surface area contributed by atoms with Crippen molar-refractivity contribution in [2.24, 2.45) is 0 Å². The van der Waals surface area contributed by atoms with Gasteiger partial charge in [-0.2, -0.15) is 0 Å². The van der Waals surface area contributed by atoms with Crippen molar-refractivity contribution in [3.63, 3.8) is 0 Å². The first-order valence-corrected chi connectivity index (χ1v) is 7.94. The van der Waals surface area contributed by atoms with Crippen molar-refractivity contribution in [1.29, 1.82) is 0 Å². The number of rotatable bonds is 5. The summed E-state index contributed by atoms with van der Waals surface area (Å²) in [7, 11) is 2.20. The van der Waals surface area contributed by atoms with Crippen molar-refractivity contribution in [3.8, 4) is 0 Å². The quantitative estimate of drug-likeness (QED) is 0.781. The van der Waals surface area contributed by atoms with E-state index in [0.29, 0.717) is 11.9 Å². The van der Waals surface area contributed by atoms with E-state index in [0.717, 1.165) is 34.5 Å². The van der Waals surface area contributed by atoms with Crippen LogP contribution in [0.4, 0.5) is 0 Å². The van der Waals surface area contributed by atoms with Crippen LogP contribution in [0.5, 0.6) is 0 Å². The molecular formula is C15H19Cl2N3. The molecule has 5 heteroatoms. The summed E-state index contributed by atoms with van der Waals surface area (Å²) < 4.78 is 2.21. The molecule has 3 nitrogen and oxygen atoms in total. The van der Waals surface area contributed by atoms with Gasteiger partial charge in [0, 0.05) is 23.7 Å². The molecule has 0 spiro atoms. The van der Waals surface area contributed by atoms with Crippen molar-refractivity contribution in [2.45, 2.75) is 44.3 Å². The zero-order chi connectivity index (χ0) is 14.3. The fraction of sp³-hybridized carbons (Fsp3) is 0.533. The molecule has 1 atom stereocenters. The topological polar surface area (TPSA) is 21.1 Å². The number of aromatic nitrogens is 2. The van der Waals surface area contributed by atoms with Gasteiger partial charge in [0.15, 0.2) is 0 Å². The number of hydrogen-bond donors (Lipinski definition) is 0. The summed E-state index contributed by atoms with van der Waals surface area (Å²) in [5.41, 5.74) is 2.04. The summed E-state index contributed by atoms with van der Waals surface area (Å²) in [5, 5.41) is 0.739. The summed E-state index contributed by atoms with van der Waals surface area (Å²) >= 11 is 12.2. The van der Waals surface area contributed by atoms with Gasteiger partial charge in [-0.1, -0.05) is 11.6 Å². The second-order valence-corrected chi connectivity index (χ2v) is 6.35. The molecule has 0 saturated heterocycles. The first-order chi connectivity index (χ1) is 9.60. The standard InChI is InChI=1S/C15H19Cl2N3/c1-10(19(2)12-4-5-12)9-20-14-7-11(17)3-6-13(14)18-15(20)8-16/h3,6-7,10,12H,4-5,8-9H2,1-2H3. The van der Waals surface area contributed by atoms with Crippen LogP contribution in [0.15, 0.2) is 18.2 Å². The van der Waals surface area contributed by atoms with E-state index in [-0.39, 0.29) is 0 Å². The van der Waals surface area contributed by atoms with Crippen molar-refractivity contribution >= 4 is 34.2 Å². The highest BCUT2D eigenvalue weighted by Crippen LogP contribution is 2.28. The largest absolute Gasteiger partial charge is 0.325 e. The Bertz CT molecular complexity index is 619. The summed E-state index contributed by atoms with van der Waals surface area (Å²) in [6.45, 7) is 3.15. The fourth-order valence-corrected chi connectivity index (χ4v) is 3.06.